The largest absolute Gasteiger partial charge is 0.464 e. The molecule has 0 atom stereocenters. The third-order valence-electron chi connectivity index (χ3n) is 2.40. The van der Waals surface area contributed by atoms with Gasteiger partial charge in [0.2, 0.25) is 11.1 Å². The number of halogens is 3. The Bertz CT molecular complexity index is 720. The van der Waals surface area contributed by atoms with Crippen molar-refractivity contribution in [3.63, 3.8) is 0 Å². The van der Waals surface area contributed by atoms with E-state index in [2.05, 4.69) is 9.84 Å². The molecule has 8 heteroatoms. The molecule has 0 bridgehead atoms. The number of nitrogens with zero attached hydrogens (tertiary/aromatic N) is 2. The molecule has 0 aliphatic carbocycles. The minimum atomic E-state index is -0.842. The van der Waals surface area contributed by atoms with Gasteiger partial charge in [-0.25, -0.2) is 9.48 Å². The number of aromatic nitrogens is 2. The van der Waals surface area contributed by atoms with Gasteiger partial charge < -0.3 is 4.74 Å². The lowest BCUT2D eigenvalue weighted by Gasteiger charge is -2.10. The van der Waals surface area contributed by atoms with Crippen molar-refractivity contribution in [3.8, 4) is 5.69 Å². The highest BCUT2D eigenvalue weighted by Gasteiger charge is 2.16. The molecule has 104 valence electrons. The number of esters is 1. The maximum Gasteiger partial charge on any atom is 0.362 e. The summed E-state index contributed by atoms with van der Waals surface area (Å²) in [6, 6.07) is 4.12. The summed E-state index contributed by atoms with van der Waals surface area (Å²) in [4.78, 5) is 23.0. The summed E-state index contributed by atoms with van der Waals surface area (Å²) in [6.07, 6.45) is 1.34. The van der Waals surface area contributed by atoms with Gasteiger partial charge in [-0.05, 0) is 12.1 Å². The van der Waals surface area contributed by atoms with Gasteiger partial charge in [0.05, 0.1) is 17.2 Å². The minimum Gasteiger partial charge on any atom is -0.464 e. The molecule has 5 nitrogen and oxygen atoms in total. The van der Waals surface area contributed by atoms with Crippen molar-refractivity contribution < 1.29 is 9.53 Å². The maximum atomic E-state index is 11.6. The molecule has 2 aromatic rings. The van der Waals surface area contributed by atoms with Crippen LogP contribution in [0.25, 0.3) is 5.69 Å². The zero-order valence-corrected chi connectivity index (χ0v) is 12.3. The normalized spacial score (nSPS) is 10.4. The van der Waals surface area contributed by atoms with Gasteiger partial charge in [0, 0.05) is 17.3 Å². The van der Waals surface area contributed by atoms with E-state index >= 15 is 0 Å². The minimum absolute atomic E-state index is 0.231. The quantitative estimate of drug-likeness (QED) is 0.793. The highest BCUT2D eigenvalue weighted by molar-refractivity contribution is 6.40. The number of hydrogen-bond donors (Lipinski definition) is 0. The predicted octanol–water partition coefficient (Wildman–Crippen LogP) is 2.98. The Balaban J connectivity index is 2.66. The monoisotopic (exact) mass is 332 g/mol. The molecule has 0 aliphatic rings. The Hall–Kier alpha value is -1.56. The predicted molar refractivity (Wildman–Crippen MR) is 76.2 cm³/mol. The van der Waals surface area contributed by atoms with Gasteiger partial charge in [-0.15, -0.1) is 0 Å². The van der Waals surface area contributed by atoms with Crippen LogP contribution in [0.4, 0.5) is 0 Å². The van der Waals surface area contributed by atoms with E-state index in [9.17, 15) is 9.59 Å². The average molecular weight is 334 g/mol. The third-order valence-corrected chi connectivity index (χ3v) is 3.19. The highest BCUT2D eigenvalue weighted by Crippen LogP contribution is 2.31. The molecule has 0 saturated carbocycles. The van der Waals surface area contributed by atoms with Crippen LogP contribution in [0, 0.1) is 0 Å². The molecule has 0 spiro atoms. The fourth-order valence-corrected chi connectivity index (χ4v) is 2.51. The second kappa shape index (κ2) is 5.83. The number of hydrogen-bond acceptors (Lipinski definition) is 4. The van der Waals surface area contributed by atoms with Crippen LogP contribution in [0.2, 0.25) is 15.1 Å². The number of rotatable bonds is 2. The van der Waals surface area contributed by atoms with Gasteiger partial charge in [0.15, 0.2) is 0 Å². The summed E-state index contributed by atoms with van der Waals surface area (Å²) >= 11 is 17.9. The standard InChI is InChI=1S/C12H7Cl3N2O3/c1-20-12(19)10-9(18)2-3-17(16-10)11-7(14)4-6(13)5-8(11)15/h2-5H,1H3. The highest BCUT2D eigenvalue weighted by atomic mass is 35.5. The molecule has 20 heavy (non-hydrogen) atoms. The fourth-order valence-electron chi connectivity index (χ4n) is 1.52. The molecule has 1 heterocycles. The summed E-state index contributed by atoms with van der Waals surface area (Å²) in [5.41, 5.74) is -0.616. The zero-order valence-electron chi connectivity index (χ0n) is 10.1. The van der Waals surface area contributed by atoms with Crippen LogP contribution in [-0.4, -0.2) is 22.9 Å². The summed E-state index contributed by atoms with van der Waals surface area (Å²) in [7, 11) is 1.16. The Morgan fingerprint density at radius 2 is 1.85 bits per heavy atom. The van der Waals surface area contributed by atoms with Crippen LogP contribution in [0.15, 0.2) is 29.2 Å². The smallest absolute Gasteiger partial charge is 0.362 e. The van der Waals surface area contributed by atoms with Crippen LogP contribution in [0.3, 0.4) is 0 Å². The summed E-state index contributed by atoms with van der Waals surface area (Å²) in [5.74, 6) is -0.842. The Morgan fingerprint density at radius 1 is 1.25 bits per heavy atom. The summed E-state index contributed by atoms with van der Waals surface area (Å²) in [5, 5.41) is 4.70. The molecule has 0 fully saturated rings. The second-order valence-electron chi connectivity index (χ2n) is 3.68. The molecule has 2 rings (SSSR count). The molecule has 0 radical (unpaired) electrons. The van der Waals surface area contributed by atoms with Crippen molar-refractivity contribution in [2.75, 3.05) is 7.11 Å². The van der Waals surface area contributed by atoms with Crippen LogP contribution < -0.4 is 5.43 Å². The van der Waals surface area contributed by atoms with Crippen LogP contribution in [0.1, 0.15) is 10.5 Å². The lowest BCUT2D eigenvalue weighted by molar-refractivity contribution is 0.0590. The number of benzene rings is 1. The van der Waals surface area contributed by atoms with E-state index in [1.165, 1.54) is 29.1 Å². The van der Waals surface area contributed by atoms with Crippen LogP contribution >= 0.6 is 34.8 Å². The Labute approximate surface area is 128 Å². The van der Waals surface area contributed by atoms with Gasteiger partial charge >= 0.3 is 5.97 Å². The maximum absolute atomic E-state index is 11.6. The number of carbonyl (C=O) groups is 1. The first-order valence-electron chi connectivity index (χ1n) is 5.27. The average Bonchev–Trinajstić information content (AvgIpc) is 2.38. The molecular weight excluding hydrogens is 327 g/mol. The number of ether oxygens (including phenoxy) is 1. The molecule has 0 N–H and O–H groups in total. The lowest BCUT2D eigenvalue weighted by Crippen LogP contribution is -2.21. The van der Waals surface area contributed by atoms with Crippen LogP contribution in [0.5, 0.6) is 0 Å². The van der Waals surface area contributed by atoms with Gasteiger partial charge in [-0.3, -0.25) is 4.79 Å². The molecule has 0 unspecified atom stereocenters. The first kappa shape index (κ1) is 14.8. The molecular formula is C12H7Cl3N2O3. The van der Waals surface area contributed by atoms with E-state index in [-0.39, 0.29) is 15.7 Å². The molecule has 1 aromatic carbocycles. The second-order valence-corrected chi connectivity index (χ2v) is 4.93. The number of methoxy groups -OCH3 is 1. The SMILES string of the molecule is COC(=O)c1nn(-c2c(Cl)cc(Cl)cc2Cl)ccc1=O. The van der Waals surface area contributed by atoms with Gasteiger partial charge in [-0.2, -0.15) is 5.10 Å². The van der Waals surface area contributed by atoms with Gasteiger partial charge in [0.1, 0.15) is 5.69 Å². The van der Waals surface area contributed by atoms with E-state index in [0.717, 1.165) is 7.11 Å². The van der Waals surface area contributed by atoms with Crippen molar-refractivity contribution >= 4 is 40.8 Å². The van der Waals surface area contributed by atoms with Gasteiger partial charge in [-0.1, -0.05) is 34.8 Å². The summed E-state index contributed by atoms with van der Waals surface area (Å²) in [6.45, 7) is 0. The fraction of sp³-hybridized carbons (Fsp3) is 0.0833. The molecule has 0 aliphatic heterocycles. The number of carbonyl (C=O) groups excluding carboxylic acids is 1. The van der Waals surface area contributed by atoms with E-state index in [4.69, 9.17) is 34.8 Å². The van der Waals surface area contributed by atoms with Gasteiger partial charge in [0.25, 0.3) is 0 Å². The van der Waals surface area contributed by atoms with Crippen molar-refractivity contribution in [2.45, 2.75) is 0 Å². The topological polar surface area (TPSA) is 61.2 Å². The molecule has 0 amide bonds. The third kappa shape index (κ3) is 2.80. The zero-order chi connectivity index (χ0) is 14.9. The lowest BCUT2D eigenvalue weighted by atomic mass is 10.3. The van der Waals surface area contributed by atoms with E-state index < -0.39 is 11.4 Å². The summed E-state index contributed by atoms with van der Waals surface area (Å²) < 4.78 is 5.70. The van der Waals surface area contributed by atoms with E-state index in [1.54, 1.807) is 0 Å². The van der Waals surface area contributed by atoms with E-state index in [0.29, 0.717) is 10.7 Å². The Morgan fingerprint density at radius 3 is 2.40 bits per heavy atom. The van der Waals surface area contributed by atoms with Crippen LogP contribution in [-0.2, 0) is 4.74 Å². The molecule has 0 saturated heterocycles. The van der Waals surface area contributed by atoms with E-state index in [1.807, 2.05) is 0 Å². The van der Waals surface area contributed by atoms with Crippen molar-refractivity contribution in [3.05, 3.63) is 55.4 Å². The Kier molecular flexibility index (Phi) is 4.32. The van der Waals surface area contributed by atoms with Crippen molar-refractivity contribution in [1.82, 2.24) is 9.78 Å². The molecule has 1 aromatic heterocycles. The first-order valence-corrected chi connectivity index (χ1v) is 6.40. The first-order chi connectivity index (χ1) is 9.43. The van der Waals surface area contributed by atoms with Crippen molar-refractivity contribution in [2.24, 2.45) is 0 Å². The van der Waals surface area contributed by atoms with Crippen molar-refractivity contribution in [1.29, 1.82) is 0 Å².